The van der Waals surface area contributed by atoms with Crippen LogP contribution >= 0.6 is 56.5 Å². The fraction of sp³-hybridized carbons (Fsp3) is 0. The minimum Gasteiger partial charge on any atom is -0.247 e. The summed E-state index contributed by atoms with van der Waals surface area (Å²) in [6.45, 7) is 0. The van der Waals surface area contributed by atoms with E-state index in [4.69, 9.17) is 4.98 Å². The van der Waals surface area contributed by atoms with Gasteiger partial charge in [-0.15, -0.1) is 11.3 Å². The minimum absolute atomic E-state index is 1.06. The molecule has 3 aromatic rings. The lowest BCUT2D eigenvalue weighted by atomic mass is 10.2. The van der Waals surface area contributed by atoms with Crippen molar-refractivity contribution in [1.29, 1.82) is 0 Å². The number of pyridine rings is 1. The van der Waals surface area contributed by atoms with Gasteiger partial charge < -0.3 is 0 Å². The summed E-state index contributed by atoms with van der Waals surface area (Å²) in [5, 5.41) is 1.19. The van der Waals surface area contributed by atoms with Crippen LogP contribution in [0.4, 0.5) is 0 Å². The molecular formula is C13H7I2NS. The average molecular weight is 463 g/mol. The average Bonchev–Trinajstić information content (AvgIpc) is 2.68. The van der Waals surface area contributed by atoms with Gasteiger partial charge in [0.1, 0.15) is 0 Å². The number of thiophene rings is 1. The molecule has 0 aliphatic heterocycles. The Hall–Kier alpha value is -0.210. The molecule has 0 aliphatic rings. The molecule has 2 aromatic heterocycles. The predicted octanol–water partition coefficient (Wildman–Crippen LogP) is 5.17. The van der Waals surface area contributed by atoms with Gasteiger partial charge in [-0.1, -0.05) is 24.3 Å². The standard InChI is InChI=1S/C13H7I2NS/c14-9-7-12(15)17-13(9)11-6-5-8-3-1-2-4-10(8)16-11/h1-7H. The molecule has 0 N–H and O–H groups in total. The quantitative estimate of drug-likeness (QED) is 0.454. The molecule has 1 nitrogen and oxygen atoms in total. The van der Waals surface area contributed by atoms with Gasteiger partial charge in [0.05, 0.1) is 19.0 Å². The molecule has 84 valence electrons. The van der Waals surface area contributed by atoms with Gasteiger partial charge >= 0.3 is 0 Å². The van der Waals surface area contributed by atoms with Gasteiger partial charge in [-0.2, -0.15) is 0 Å². The van der Waals surface area contributed by atoms with Gasteiger partial charge in [-0.3, -0.25) is 0 Å². The van der Waals surface area contributed by atoms with Crippen LogP contribution < -0.4 is 0 Å². The first-order valence-electron chi connectivity index (χ1n) is 5.05. The smallest absolute Gasteiger partial charge is 0.0820 e. The van der Waals surface area contributed by atoms with Crippen molar-refractivity contribution in [3.8, 4) is 10.6 Å². The first-order chi connectivity index (χ1) is 8.24. The highest BCUT2D eigenvalue weighted by Crippen LogP contribution is 2.34. The third kappa shape index (κ3) is 2.34. The monoisotopic (exact) mass is 463 g/mol. The Morgan fingerprint density at radius 3 is 2.59 bits per heavy atom. The van der Waals surface area contributed by atoms with Crippen LogP contribution in [0.3, 0.4) is 0 Å². The zero-order valence-corrected chi connectivity index (χ0v) is 13.8. The molecule has 0 amide bonds. The number of fused-ring (bicyclic) bond motifs is 1. The predicted molar refractivity (Wildman–Crippen MR) is 90.5 cm³/mol. The first kappa shape index (κ1) is 11.9. The Morgan fingerprint density at radius 2 is 1.82 bits per heavy atom. The summed E-state index contributed by atoms with van der Waals surface area (Å²) < 4.78 is 2.58. The van der Waals surface area contributed by atoms with E-state index in [1.165, 1.54) is 16.7 Å². The highest BCUT2D eigenvalue weighted by atomic mass is 127. The van der Waals surface area contributed by atoms with Crippen LogP contribution in [-0.2, 0) is 0 Å². The fourth-order valence-corrected chi connectivity index (χ4v) is 5.15. The Bertz CT molecular complexity index is 691. The Kier molecular flexibility index (Phi) is 3.36. The summed E-state index contributed by atoms with van der Waals surface area (Å²) in [7, 11) is 0. The van der Waals surface area contributed by atoms with Crippen LogP contribution in [-0.4, -0.2) is 4.98 Å². The van der Waals surface area contributed by atoms with E-state index in [1.807, 2.05) is 12.1 Å². The second kappa shape index (κ2) is 4.81. The number of halogens is 2. The molecule has 0 spiro atoms. The van der Waals surface area contributed by atoms with Crippen molar-refractivity contribution < 1.29 is 0 Å². The highest BCUT2D eigenvalue weighted by molar-refractivity contribution is 14.1. The summed E-state index contributed by atoms with van der Waals surface area (Å²) in [5.74, 6) is 0. The number of para-hydroxylation sites is 1. The third-order valence-electron chi connectivity index (χ3n) is 2.49. The molecule has 0 aliphatic carbocycles. The van der Waals surface area contributed by atoms with E-state index in [1.54, 1.807) is 11.3 Å². The molecule has 0 unspecified atom stereocenters. The van der Waals surface area contributed by atoms with Gasteiger partial charge in [0.15, 0.2) is 0 Å². The van der Waals surface area contributed by atoms with Crippen LogP contribution in [0, 0.1) is 6.45 Å². The van der Waals surface area contributed by atoms with Crippen LogP contribution in [0.1, 0.15) is 0 Å². The van der Waals surface area contributed by atoms with Crippen molar-refractivity contribution in [1.82, 2.24) is 4.98 Å². The van der Waals surface area contributed by atoms with Crippen LogP contribution in [0.15, 0.2) is 42.5 Å². The number of nitrogens with zero attached hydrogens (tertiary/aromatic N) is 1. The van der Waals surface area contributed by atoms with Crippen molar-refractivity contribution >= 4 is 67.4 Å². The van der Waals surface area contributed by atoms with Crippen LogP contribution in [0.5, 0.6) is 0 Å². The van der Waals surface area contributed by atoms with E-state index in [-0.39, 0.29) is 0 Å². The van der Waals surface area contributed by atoms with E-state index in [2.05, 4.69) is 75.5 Å². The van der Waals surface area contributed by atoms with Gasteiger partial charge in [0.2, 0.25) is 0 Å². The maximum atomic E-state index is 4.72. The fourth-order valence-electron chi connectivity index (χ4n) is 1.71. The Morgan fingerprint density at radius 1 is 1.00 bits per heavy atom. The molecule has 17 heavy (non-hydrogen) atoms. The molecule has 1 aromatic carbocycles. The summed E-state index contributed by atoms with van der Waals surface area (Å²) in [6.07, 6.45) is 0. The SMILES string of the molecule is Ic1cc(I)c(-c2ccc3ccccc3n2)s1. The third-order valence-corrected chi connectivity index (χ3v) is 5.62. The Labute approximate surface area is 131 Å². The number of rotatable bonds is 1. The molecule has 0 saturated carbocycles. The number of hydrogen-bond donors (Lipinski definition) is 0. The lowest BCUT2D eigenvalue weighted by Gasteiger charge is -2.01. The summed E-state index contributed by atoms with van der Waals surface area (Å²) in [6, 6.07) is 14.7. The van der Waals surface area contributed by atoms with Crippen molar-refractivity contribution in [2.24, 2.45) is 0 Å². The maximum Gasteiger partial charge on any atom is 0.0820 e. The first-order valence-corrected chi connectivity index (χ1v) is 8.02. The molecule has 0 saturated heterocycles. The number of hydrogen-bond acceptors (Lipinski definition) is 2. The molecule has 4 heteroatoms. The van der Waals surface area contributed by atoms with Crippen molar-refractivity contribution in [2.75, 3.05) is 0 Å². The van der Waals surface area contributed by atoms with E-state index < -0.39 is 0 Å². The highest BCUT2D eigenvalue weighted by Gasteiger charge is 2.09. The van der Waals surface area contributed by atoms with E-state index in [0.29, 0.717) is 0 Å². The molecule has 0 fully saturated rings. The second-order valence-electron chi connectivity index (χ2n) is 3.62. The minimum atomic E-state index is 1.06. The number of aromatic nitrogens is 1. The summed E-state index contributed by atoms with van der Waals surface area (Å²) in [5.41, 5.74) is 2.13. The molecule has 0 radical (unpaired) electrons. The summed E-state index contributed by atoms with van der Waals surface area (Å²) in [4.78, 5) is 5.99. The van der Waals surface area contributed by atoms with Crippen molar-refractivity contribution in [3.05, 3.63) is 48.9 Å². The number of benzene rings is 1. The largest absolute Gasteiger partial charge is 0.247 e. The van der Waals surface area contributed by atoms with Gasteiger partial charge in [0.25, 0.3) is 0 Å². The van der Waals surface area contributed by atoms with Gasteiger partial charge in [0, 0.05) is 8.96 Å². The Balaban J connectivity index is 2.21. The zero-order chi connectivity index (χ0) is 11.8. The van der Waals surface area contributed by atoms with E-state index in [0.717, 1.165) is 11.2 Å². The molecule has 0 bridgehead atoms. The molecule has 3 rings (SSSR count). The van der Waals surface area contributed by atoms with E-state index in [9.17, 15) is 0 Å². The van der Waals surface area contributed by atoms with Crippen LogP contribution in [0.2, 0.25) is 0 Å². The van der Waals surface area contributed by atoms with Crippen molar-refractivity contribution in [2.45, 2.75) is 0 Å². The lowest BCUT2D eigenvalue weighted by Crippen LogP contribution is -1.83. The second-order valence-corrected chi connectivity index (χ2v) is 7.73. The zero-order valence-electron chi connectivity index (χ0n) is 8.65. The maximum absolute atomic E-state index is 4.72. The lowest BCUT2D eigenvalue weighted by molar-refractivity contribution is 1.41. The molecular weight excluding hydrogens is 456 g/mol. The molecule has 0 atom stereocenters. The van der Waals surface area contributed by atoms with Crippen molar-refractivity contribution in [3.63, 3.8) is 0 Å². The molecule has 2 heterocycles. The van der Waals surface area contributed by atoms with Gasteiger partial charge in [-0.05, 0) is 63.4 Å². The topological polar surface area (TPSA) is 12.9 Å². The normalized spacial score (nSPS) is 10.9. The van der Waals surface area contributed by atoms with Crippen LogP contribution in [0.25, 0.3) is 21.5 Å². The van der Waals surface area contributed by atoms with E-state index >= 15 is 0 Å². The van der Waals surface area contributed by atoms with Gasteiger partial charge in [-0.25, -0.2) is 4.98 Å². The summed E-state index contributed by atoms with van der Waals surface area (Å²) >= 11 is 6.52.